The zero-order valence-electron chi connectivity index (χ0n) is 24.8. The molecule has 3 N–H and O–H groups in total. The van der Waals surface area contributed by atoms with Gasteiger partial charge in [0.2, 0.25) is 10.0 Å². The highest BCUT2D eigenvalue weighted by Crippen LogP contribution is 2.32. The predicted octanol–water partition coefficient (Wildman–Crippen LogP) is 7.25. The normalized spacial score (nSPS) is 12.9. The summed E-state index contributed by atoms with van der Waals surface area (Å²) in [5, 5.41) is 4.71. The summed E-state index contributed by atoms with van der Waals surface area (Å²) < 4.78 is 39.2. The van der Waals surface area contributed by atoms with E-state index >= 15 is 0 Å². The van der Waals surface area contributed by atoms with Gasteiger partial charge in [0.25, 0.3) is 0 Å². The van der Waals surface area contributed by atoms with Gasteiger partial charge in [-0.2, -0.15) is 0 Å². The third kappa shape index (κ3) is 8.01. The molecule has 0 saturated heterocycles. The maximum atomic E-state index is 11.8. The van der Waals surface area contributed by atoms with Gasteiger partial charge in [0.15, 0.2) is 8.32 Å². The van der Waals surface area contributed by atoms with Gasteiger partial charge in [0.1, 0.15) is 12.4 Å². The van der Waals surface area contributed by atoms with E-state index in [-0.39, 0.29) is 6.10 Å². The Morgan fingerprint density at radius 1 is 0.927 bits per heavy atom. The molecular weight excluding hydrogens is 551 g/mol. The van der Waals surface area contributed by atoms with Crippen LogP contribution in [0, 0.1) is 6.92 Å². The number of aryl methyl sites for hydroxylation is 1. The SMILES string of the molecule is CC[Si](CC)(CC)OC(CNCCOc1ccc2c(C)c(-c3ccccc3)[nH]c2c1)c1cccc(NS(C)(=O)=O)c1. The maximum Gasteiger partial charge on any atom is 0.229 e. The van der Waals surface area contributed by atoms with Gasteiger partial charge in [0.05, 0.1) is 12.4 Å². The summed E-state index contributed by atoms with van der Waals surface area (Å²) >= 11 is 0. The summed E-state index contributed by atoms with van der Waals surface area (Å²) in [7, 11) is -5.28. The van der Waals surface area contributed by atoms with Crippen LogP contribution in [0.25, 0.3) is 22.2 Å². The quantitative estimate of drug-likeness (QED) is 0.0998. The van der Waals surface area contributed by atoms with Gasteiger partial charge < -0.3 is 19.5 Å². The summed E-state index contributed by atoms with van der Waals surface area (Å²) in [4.78, 5) is 3.56. The van der Waals surface area contributed by atoms with E-state index in [1.165, 1.54) is 16.5 Å². The molecule has 1 aromatic heterocycles. The zero-order chi connectivity index (χ0) is 29.5. The topological polar surface area (TPSA) is 92.4 Å². The van der Waals surface area contributed by atoms with E-state index in [0.717, 1.165) is 46.9 Å². The fourth-order valence-corrected chi connectivity index (χ4v) is 8.70. The van der Waals surface area contributed by atoms with E-state index in [4.69, 9.17) is 9.16 Å². The number of ether oxygens (including phenoxy) is 1. The van der Waals surface area contributed by atoms with Crippen LogP contribution in [0.4, 0.5) is 5.69 Å². The molecule has 0 fully saturated rings. The van der Waals surface area contributed by atoms with E-state index in [9.17, 15) is 8.42 Å². The molecule has 0 amide bonds. The Kier molecular flexibility index (Phi) is 10.3. The average molecular weight is 594 g/mol. The minimum Gasteiger partial charge on any atom is -0.492 e. The predicted molar refractivity (Wildman–Crippen MR) is 173 cm³/mol. The average Bonchev–Trinajstić information content (AvgIpc) is 3.30. The lowest BCUT2D eigenvalue weighted by Crippen LogP contribution is -2.40. The van der Waals surface area contributed by atoms with Gasteiger partial charge >= 0.3 is 0 Å². The molecule has 0 saturated carbocycles. The standard InChI is InChI=1S/C32H43N3O4SSi/c1-6-41(7-2,8-3)39-31(26-15-12-16-27(21-26)35-40(5,36)37)23-33-19-20-38-28-17-18-29-24(4)32(34-30(29)22-28)25-13-10-9-11-14-25/h9-18,21-22,31,33-35H,6-8,19-20,23H2,1-5H3. The molecule has 3 aromatic carbocycles. The van der Waals surface area contributed by atoms with Crippen LogP contribution in [0.15, 0.2) is 72.8 Å². The van der Waals surface area contributed by atoms with Crippen LogP contribution >= 0.6 is 0 Å². The third-order valence-electron chi connectivity index (χ3n) is 7.86. The lowest BCUT2D eigenvalue weighted by molar-refractivity contribution is 0.183. The number of H-pyrrole nitrogens is 1. The fourth-order valence-electron chi connectivity index (χ4n) is 5.32. The number of fused-ring (bicyclic) bond motifs is 1. The number of aromatic amines is 1. The van der Waals surface area contributed by atoms with Gasteiger partial charge in [-0.3, -0.25) is 4.72 Å². The van der Waals surface area contributed by atoms with Crippen LogP contribution in [0.1, 0.15) is 38.0 Å². The molecule has 0 aliphatic carbocycles. The Hall–Kier alpha value is -3.11. The molecule has 0 radical (unpaired) electrons. The highest BCUT2D eigenvalue weighted by Gasteiger charge is 2.32. The second-order valence-corrected chi connectivity index (χ2v) is 17.1. The largest absolute Gasteiger partial charge is 0.492 e. The summed E-state index contributed by atoms with van der Waals surface area (Å²) in [6, 6.07) is 27.2. The Morgan fingerprint density at radius 3 is 2.34 bits per heavy atom. The first kappa shape index (κ1) is 30.8. The molecule has 41 heavy (non-hydrogen) atoms. The van der Waals surface area contributed by atoms with Crippen LogP contribution in [-0.4, -0.2) is 47.7 Å². The lowest BCUT2D eigenvalue weighted by Gasteiger charge is -2.34. The number of sulfonamides is 1. The number of hydrogen-bond acceptors (Lipinski definition) is 5. The first-order chi connectivity index (χ1) is 19.7. The van der Waals surface area contributed by atoms with Crippen LogP contribution < -0.4 is 14.8 Å². The maximum absolute atomic E-state index is 11.8. The first-order valence-electron chi connectivity index (χ1n) is 14.4. The fraction of sp³-hybridized carbons (Fsp3) is 0.375. The van der Waals surface area contributed by atoms with E-state index in [1.54, 1.807) is 6.07 Å². The number of aromatic nitrogens is 1. The van der Waals surface area contributed by atoms with Crippen molar-refractivity contribution in [1.29, 1.82) is 0 Å². The number of hydrogen-bond donors (Lipinski definition) is 3. The zero-order valence-corrected chi connectivity index (χ0v) is 26.6. The monoisotopic (exact) mass is 593 g/mol. The van der Waals surface area contributed by atoms with Crippen molar-refractivity contribution < 1.29 is 17.6 Å². The van der Waals surface area contributed by atoms with Crippen molar-refractivity contribution in [3.63, 3.8) is 0 Å². The van der Waals surface area contributed by atoms with Crippen molar-refractivity contribution in [3.8, 4) is 17.0 Å². The molecule has 0 aliphatic rings. The summed E-state index contributed by atoms with van der Waals surface area (Å²) in [5.41, 5.74) is 6.09. The van der Waals surface area contributed by atoms with Crippen molar-refractivity contribution in [2.45, 2.75) is 51.9 Å². The second-order valence-electron chi connectivity index (χ2n) is 10.6. The van der Waals surface area contributed by atoms with E-state index in [2.05, 4.69) is 79.1 Å². The Labute approximate surface area is 245 Å². The number of rotatable bonds is 15. The minimum atomic E-state index is -3.37. The van der Waals surface area contributed by atoms with Crippen LogP contribution in [0.5, 0.6) is 5.75 Å². The molecule has 220 valence electrons. The number of benzene rings is 3. The molecule has 1 unspecified atom stereocenters. The molecule has 0 spiro atoms. The van der Waals surface area contributed by atoms with Crippen molar-refractivity contribution in [1.82, 2.24) is 10.3 Å². The van der Waals surface area contributed by atoms with Gasteiger partial charge in [0, 0.05) is 41.4 Å². The van der Waals surface area contributed by atoms with E-state index < -0.39 is 18.3 Å². The Bertz CT molecular complexity index is 1530. The first-order valence-corrected chi connectivity index (χ1v) is 18.9. The van der Waals surface area contributed by atoms with Gasteiger partial charge in [-0.1, -0.05) is 63.2 Å². The van der Waals surface area contributed by atoms with Gasteiger partial charge in [-0.05, 0) is 66.0 Å². The van der Waals surface area contributed by atoms with Crippen LogP contribution in [0.2, 0.25) is 18.1 Å². The summed E-state index contributed by atoms with van der Waals surface area (Å²) in [5.74, 6) is 0.821. The number of anilines is 1. The smallest absolute Gasteiger partial charge is 0.229 e. The molecule has 4 rings (SSSR count). The van der Waals surface area contributed by atoms with Crippen LogP contribution in [-0.2, 0) is 14.4 Å². The summed E-state index contributed by atoms with van der Waals surface area (Å²) in [6.07, 6.45) is 0.979. The lowest BCUT2D eigenvalue weighted by atomic mass is 10.1. The highest BCUT2D eigenvalue weighted by molar-refractivity contribution is 7.92. The molecule has 0 aliphatic heterocycles. The Balaban J connectivity index is 1.41. The van der Waals surface area contributed by atoms with Gasteiger partial charge in [-0.15, -0.1) is 0 Å². The summed E-state index contributed by atoms with van der Waals surface area (Å²) in [6.45, 7) is 10.5. The number of nitrogens with one attached hydrogen (secondary N) is 3. The van der Waals surface area contributed by atoms with Crippen molar-refractivity contribution in [3.05, 3.63) is 83.9 Å². The molecule has 1 heterocycles. The van der Waals surface area contributed by atoms with Crippen molar-refractivity contribution in [2.24, 2.45) is 0 Å². The molecule has 4 aromatic rings. The van der Waals surface area contributed by atoms with Crippen molar-refractivity contribution >= 4 is 34.9 Å². The van der Waals surface area contributed by atoms with Crippen LogP contribution in [0.3, 0.4) is 0 Å². The molecule has 7 nitrogen and oxygen atoms in total. The van der Waals surface area contributed by atoms with Gasteiger partial charge in [-0.25, -0.2) is 8.42 Å². The molecular formula is C32H43N3O4SSi. The Morgan fingerprint density at radius 2 is 1.66 bits per heavy atom. The van der Waals surface area contributed by atoms with E-state index in [1.807, 2.05) is 30.3 Å². The van der Waals surface area contributed by atoms with Crippen molar-refractivity contribution in [2.75, 3.05) is 30.7 Å². The van der Waals surface area contributed by atoms with E-state index in [0.29, 0.717) is 25.4 Å². The molecule has 1 atom stereocenters. The molecule has 0 bridgehead atoms. The third-order valence-corrected chi connectivity index (χ3v) is 13.1. The highest BCUT2D eigenvalue weighted by atomic mass is 32.2. The minimum absolute atomic E-state index is 0.183. The molecule has 9 heteroatoms. The second kappa shape index (κ2) is 13.7.